The third kappa shape index (κ3) is 1.72. The average Bonchev–Trinajstić information content (AvgIpc) is 2.78. The summed E-state index contributed by atoms with van der Waals surface area (Å²) in [6, 6.07) is 1.43. The molecule has 0 aliphatic heterocycles. The second kappa shape index (κ2) is 3.76. The Morgan fingerprint density at radius 1 is 1.73 bits per heavy atom. The summed E-state index contributed by atoms with van der Waals surface area (Å²) in [4.78, 5) is 14.0. The molecule has 82 valence electrons. The number of esters is 1. The Hall–Kier alpha value is -1.78. The molecule has 0 saturated carbocycles. The van der Waals surface area contributed by atoms with Gasteiger partial charge in [0.25, 0.3) is 0 Å². The minimum atomic E-state index is -0.514. The number of rotatable bonds is 3. The number of hydrogen-bond donors (Lipinski definition) is 1. The van der Waals surface area contributed by atoms with Gasteiger partial charge in [0.15, 0.2) is 11.4 Å². The first-order chi connectivity index (χ1) is 7.22. The summed E-state index contributed by atoms with van der Waals surface area (Å²) < 4.78 is 22.7. The van der Waals surface area contributed by atoms with Crippen LogP contribution in [0.15, 0.2) is 16.7 Å². The van der Waals surface area contributed by atoms with Crippen molar-refractivity contribution < 1.29 is 19.8 Å². The molecule has 0 aliphatic rings. The van der Waals surface area contributed by atoms with E-state index in [2.05, 4.69) is 4.98 Å². The molecule has 0 saturated heterocycles. The van der Waals surface area contributed by atoms with Crippen LogP contribution >= 0.6 is 0 Å². The van der Waals surface area contributed by atoms with E-state index in [9.17, 15) is 9.18 Å². The van der Waals surface area contributed by atoms with E-state index in [1.165, 1.54) is 6.07 Å². The van der Waals surface area contributed by atoms with Gasteiger partial charge < -0.3 is 14.1 Å². The topological polar surface area (TPSA) is 55.2 Å². The molecule has 0 amide bonds. The van der Waals surface area contributed by atoms with E-state index in [1.54, 1.807) is 0 Å². The van der Waals surface area contributed by atoms with E-state index in [1.807, 2.05) is 6.92 Å². The molecule has 0 aliphatic carbocycles. The fourth-order valence-electron chi connectivity index (χ4n) is 1.26. The summed E-state index contributed by atoms with van der Waals surface area (Å²) in [5, 5.41) is 0. The Balaban J connectivity index is 0.00000128. The van der Waals surface area contributed by atoms with E-state index < -0.39 is 11.8 Å². The van der Waals surface area contributed by atoms with Gasteiger partial charge in [0.1, 0.15) is 17.5 Å². The smallest absolute Gasteiger partial charge is 0.354 e. The zero-order valence-electron chi connectivity index (χ0n) is 8.17. The van der Waals surface area contributed by atoms with Crippen molar-refractivity contribution in [2.24, 2.45) is 0 Å². The molecule has 2 aromatic rings. The minimum absolute atomic E-state index is 0. The van der Waals surface area contributed by atoms with E-state index in [0.29, 0.717) is 12.2 Å². The SMILES string of the molecule is CCCOC(=O)c1cc2occ(F)c2[nH]1.[HH]. The van der Waals surface area contributed by atoms with Crippen LogP contribution in [0.5, 0.6) is 0 Å². The summed E-state index contributed by atoms with van der Waals surface area (Å²) >= 11 is 0. The number of furan rings is 1. The van der Waals surface area contributed by atoms with Crippen molar-refractivity contribution in [3.63, 3.8) is 0 Å². The molecular formula is C10H12FNO3. The van der Waals surface area contributed by atoms with Gasteiger partial charge in [-0.15, -0.1) is 0 Å². The first-order valence-corrected chi connectivity index (χ1v) is 4.65. The van der Waals surface area contributed by atoms with Gasteiger partial charge in [-0.3, -0.25) is 0 Å². The zero-order valence-corrected chi connectivity index (χ0v) is 8.17. The van der Waals surface area contributed by atoms with Crippen LogP contribution in [0.2, 0.25) is 0 Å². The monoisotopic (exact) mass is 213 g/mol. The molecule has 1 N–H and O–H groups in total. The number of H-pyrrole nitrogens is 1. The number of halogens is 1. The minimum Gasteiger partial charge on any atom is -0.461 e. The molecule has 0 atom stereocenters. The van der Waals surface area contributed by atoms with Crippen molar-refractivity contribution in [1.29, 1.82) is 0 Å². The quantitative estimate of drug-likeness (QED) is 0.797. The van der Waals surface area contributed by atoms with Crippen LogP contribution in [0.25, 0.3) is 11.1 Å². The first kappa shape index (κ1) is 9.76. The molecule has 0 radical (unpaired) electrons. The molecule has 0 bridgehead atoms. The summed E-state index contributed by atoms with van der Waals surface area (Å²) in [6.07, 6.45) is 1.74. The molecule has 0 unspecified atom stereocenters. The Morgan fingerprint density at radius 3 is 3.20 bits per heavy atom. The lowest BCUT2D eigenvalue weighted by atomic mass is 10.4. The van der Waals surface area contributed by atoms with E-state index >= 15 is 0 Å². The highest BCUT2D eigenvalue weighted by Crippen LogP contribution is 2.20. The highest BCUT2D eigenvalue weighted by Gasteiger charge is 2.15. The molecule has 15 heavy (non-hydrogen) atoms. The van der Waals surface area contributed by atoms with Crippen molar-refractivity contribution in [3.05, 3.63) is 23.8 Å². The van der Waals surface area contributed by atoms with Crippen molar-refractivity contribution in [1.82, 2.24) is 4.98 Å². The Bertz CT molecular complexity index is 491. The highest BCUT2D eigenvalue weighted by atomic mass is 19.1. The fourth-order valence-corrected chi connectivity index (χ4v) is 1.26. The van der Waals surface area contributed by atoms with Gasteiger partial charge in [-0.2, -0.15) is 0 Å². The normalized spacial score (nSPS) is 10.8. The molecule has 5 heteroatoms. The fraction of sp³-hybridized carbons (Fsp3) is 0.300. The van der Waals surface area contributed by atoms with Gasteiger partial charge >= 0.3 is 5.97 Å². The number of hydrogen-bond acceptors (Lipinski definition) is 3. The second-order valence-electron chi connectivity index (χ2n) is 3.14. The van der Waals surface area contributed by atoms with Crippen LogP contribution in [0.4, 0.5) is 4.39 Å². The molecule has 4 nitrogen and oxygen atoms in total. The predicted octanol–water partition coefficient (Wildman–Crippen LogP) is 2.71. The molecule has 2 heterocycles. The standard InChI is InChI=1S/C10H10FNO3.H2/c1-2-3-14-10(13)7-4-8-9(12-7)6(11)5-15-8;/h4-5,12H,2-3H2,1H3;1H. The Morgan fingerprint density at radius 2 is 2.53 bits per heavy atom. The van der Waals surface area contributed by atoms with Gasteiger partial charge in [0.2, 0.25) is 0 Å². The number of fused-ring (bicyclic) bond motifs is 1. The van der Waals surface area contributed by atoms with Crippen molar-refractivity contribution in [2.75, 3.05) is 6.61 Å². The van der Waals surface area contributed by atoms with Crippen LogP contribution in [-0.4, -0.2) is 17.6 Å². The number of aromatic amines is 1. The molecule has 2 aromatic heterocycles. The molecular weight excluding hydrogens is 201 g/mol. The van der Waals surface area contributed by atoms with Crippen LogP contribution < -0.4 is 0 Å². The molecule has 2 rings (SSSR count). The van der Waals surface area contributed by atoms with Crippen molar-refractivity contribution in [3.8, 4) is 0 Å². The van der Waals surface area contributed by atoms with Crippen LogP contribution in [0.1, 0.15) is 25.3 Å². The number of carbonyl (C=O) groups excluding carboxylic acids is 1. The van der Waals surface area contributed by atoms with Crippen LogP contribution in [0.3, 0.4) is 0 Å². The number of ether oxygens (including phenoxy) is 1. The van der Waals surface area contributed by atoms with Gasteiger partial charge in [-0.05, 0) is 6.42 Å². The number of nitrogens with one attached hydrogen (secondary N) is 1. The lowest BCUT2D eigenvalue weighted by Crippen LogP contribution is -2.05. The Kier molecular flexibility index (Phi) is 2.45. The lowest BCUT2D eigenvalue weighted by Gasteiger charge is -1.99. The van der Waals surface area contributed by atoms with Crippen molar-refractivity contribution in [2.45, 2.75) is 13.3 Å². The molecule has 0 aromatic carbocycles. The van der Waals surface area contributed by atoms with Crippen molar-refractivity contribution >= 4 is 17.1 Å². The third-order valence-corrected chi connectivity index (χ3v) is 1.97. The summed E-state index contributed by atoms with van der Waals surface area (Å²) in [5.41, 5.74) is 0.714. The third-order valence-electron chi connectivity index (χ3n) is 1.97. The first-order valence-electron chi connectivity index (χ1n) is 4.65. The predicted molar refractivity (Wildman–Crippen MR) is 53.2 cm³/mol. The average molecular weight is 213 g/mol. The maximum absolute atomic E-state index is 13.0. The largest absolute Gasteiger partial charge is 0.461 e. The lowest BCUT2D eigenvalue weighted by molar-refractivity contribution is 0.0499. The summed E-state index contributed by atoms with van der Waals surface area (Å²) in [6.45, 7) is 2.25. The summed E-state index contributed by atoms with van der Waals surface area (Å²) in [5.74, 6) is -1.01. The maximum atomic E-state index is 13.0. The number of carbonyl (C=O) groups is 1. The van der Waals surface area contributed by atoms with Crippen LogP contribution in [0, 0.1) is 5.82 Å². The van der Waals surface area contributed by atoms with Gasteiger partial charge in [0, 0.05) is 7.49 Å². The van der Waals surface area contributed by atoms with Gasteiger partial charge in [-0.1, -0.05) is 6.92 Å². The summed E-state index contributed by atoms with van der Waals surface area (Å²) in [7, 11) is 0. The van der Waals surface area contributed by atoms with E-state index in [-0.39, 0.29) is 12.6 Å². The van der Waals surface area contributed by atoms with Gasteiger partial charge in [0.05, 0.1) is 6.61 Å². The van der Waals surface area contributed by atoms with E-state index in [0.717, 1.165) is 12.7 Å². The highest BCUT2D eigenvalue weighted by molar-refractivity contribution is 5.93. The maximum Gasteiger partial charge on any atom is 0.354 e. The van der Waals surface area contributed by atoms with Crippen LogP contribution in [-0.2, 0) is 4.74 Å². The van der Waals surface area contributed by atoms with E-state index in [4.69, 9.17) is 9.15 Å². The second-order valence-corrected chi connectivity index (χ2v) is 3.14. The zero-order chi connectivity index (χ0) is 10.8. The Labute approximate surface area is 86.5 Å². The number of aromatic nitrogens is 1. The molecule has 0 fully saturated rings. The van der Waals surface area contributed by atoms with Gasteiger partial charge in [-0.25, -0.2) is 9.18 Å². The molecule has 0 spiro atoms.